The van der Waals surface area contributed by atoms with E-state index in [1.54, 1.807) is 34.6 Å². The summed E-state index contributed by atoms with van der Waals surface area (Å²) >= 11 is 0. The van der Waals surface area contributed by atoms with Gasteiger partial charge >= 0.3 is 15.7 Å². The lowest BCUT2D eigenvalue weighted by Gasteiger charge is -2.17. The fourth-order valence-electron chi connectivity index (χ4n) is 1.93. The van der Waals surface area contributed by atoms with Crippen molar-refractivity contribution in [3.63, 3.8) is 0 Å². The van der Waals surface area contributed by atoms with E-state index >= 15 is 0 Å². The van der Waals surface area contributed by atoms with Gasteiger partial charge in [0, 0.05) is 12.6 Å². The van der Waals surface area contributed by atoms with E-state index in [1.807, 2.05) is 6.92 Å². The number of hydrogen-bond donors (Lipinski definition) is 0. The number of imidazole rings is 1. The fourth-order valence-corrected chi connectivity index (χ4v) is 3.57. The molecule has 1 fully saturated rings. The Hall–Kier alpha value is -1.18. The molecule has 1 saturated heterocycles. The highest BCUT2D eigenvalue weighted by atomic mass is 32.2. The van der Waals surface area contributed by atoms with Gasteiger partial charge in [-0.1, -0.05) is 0 Å². The highest BCUT2D eigenvalue weighted by Crippen LogP contribution is 2.21. The molecule has 2 rings (SSSR count). The summed E-state index contributed by atoms with van der Waals surface area (Å²) in [5, 5.41) is 0. The Kier molecular flexibility index (Phi) is 5.83. The normalized spacial score (nSPS) is 20.2. The first-order chi connectivity index (χ1) is 10.3. The molecule has 1 aromatic rings. The van der Waals surface area contributed by atoms with Gasteiger partial charge < -0.3 is 4.55 Å². The van der Waals surface area contributed by atoms with Gasteiger partial charge in [0.05, 0.1) is 7.05 Å². The number of rotatable bonds is 2. The summed E-state index contributed by atoms with van der Waals surface area (Å²) in [7, 11) is -7.62. The van der Waals surface area contributed by atoms with Gasteiger partial charge in [-0.2, -0.15) is 25.9 Å². The van der Waals surface area contributed by atoms with Gasteiger partial charge in [-0.3, -0.25) is 0 Å². The van der Waals surface area contributed by atoms with Crippen molar-refractivity contribution in [2.24, 2.45) is 7.05 Å². The smallest absolute Gasteiger partial charge is 0.485 e. The van der Waals surface area contributed by atoms with Gasteiger partial charge in [-0.05, 0) is 19.8 Å². The third-order valence-electron chi connectivity index (χ3n) is 3.08. The molecule has 1 aromatic heterocycles. The van der Waals surface area contributed by atoms with Crippen LogP contribution in [0.4, 0.5) is 13.2 Å². The van der Waals surface area contributed by atoms with Crippen LogP contribution in [0.3, 0.4) is 0 Å². The van der Waals surface area contributed by atoms with Crippen molar-refractivity contribution in [2.45, 2.75) is 31.3 Å². The maximum Gasteiger partial charge on any atom is 0.485 e. The standard InChI is InChI=1S/C9H16N3O2S.CHF3O3S/c1-9-4-3-5-12(9)15(13,14)11-7-6-10(2)8-11;2-1(3,4)8(5,6)7/h6-9H,3-5H2,1-2H3;(H,5,6,7)/q+1;/p-1/t9-;/m1./s1. The van der Waals surface area contributed by atoms with Crippen molar-refractivity contribution >= 4 is 20.3 Å². The van der Waals surface area contributed by atoms with Crippen LogP contribution < -0.4 is 4.57 Å². The second-order valence-electron chi connectivity index (χ2n) is 4.92. The van der Waals surface area contributed by atoms with Crippen LogP contribution in [0.2, 0.25) is 0 Å². The minimum absolute atomic E-state index is 0.114. The molecule has 0 radical (unpaired) electrons. The lowest BCUT2D eigenvalue weighted by molar-refractivity contribution is -0.670. The molecular weight excluding hydrogens is 363 g/mol. The maximum atomic E-state index is 12.1. The number of hydrogen-bond acceptors (Lipinski definition) is 5. The molecule has 0 unspecified atom stereocenters. The molecule has 13 heteroatoms. The molecule has 8 nitrogen and oxygen atoms in total. The molecule has 0 saturated carbocycles. The van der Waals surface area contributed by atoms with E-state index in [-0.39, 0.29) is 6.04 Å². The summed E-state index contributed by atoms with van der Waals surface area (Å²) in [4.78, 5) is 0. The van der Waals surface area contributed by atoms with Crippen molar-refractivity contribution < 1.29 is 39.1 Å². The Balaban J connectivity index is 0.000000284. The molecule has 23 heavy (non-hydrogen) atoms. The first kappa shape index (κ1) is 19.9. The number of aryl methyl sites for hydroxylation is 1. The first-order valence-electron chi connectivity index (χ1n) is 6.34. The van der Waals surface area contributed by atoms with Crippen LogP contribution in [0.25, 0.3) is 0 Å². The Morgan fingerprint density at radius 3 is 2.09 bits per heavy atom. The topological polar surface area (TPSA) is 103 Å². The number of aromatic nitrogens is 2. The Morgan fingerprint density at radius 2 is 1.78 bits per heavy atom. The highest BCUT2D eigenvalue weighted by molar-refractivity contribution is 7.87. The largest absolute Gasteiger partial charge is 0.741 e. The van der Waals surface area contributed by atoms with Crippen molar-refractivity contribution in [3.8, 4) is 0 Å². The highest BCUT2D eigenvalue weighted by Gasteiger charge is 2.37. The predicted octanol–water partition coefficient (Wildman–Crippen LogP) is -0.0588. The van der Waals surface area contributed by atoms with Crippen molar-refractivity contribution in [3.05, 3.63) is 18.7 Å². The van der Waals surface area contributed by atoms with Crippen LogP contribution in [-0.2, 0) is 27.4 Å². The first-order valence-corrected chi connectivity index (χ1v) is 9.15. The van der Waals surface area contributed by atoms with Gasteiger partial charge in [-0.25, -0.2) is 13.0 Å². The van der Waals surface area contributed by atoms with Crippen molar-refractivity contribution in [1.29, 1.82) is 0 Å². The molecule has 0 aliphatic carbocycles. The Morgan fingerprint density at radius 1 is 1.26 bits per heavy atom. The summed E-state index contributed by atoms with van der Waals surface area (Å²) in [6.45, 7) is 2.58. The van der Waals surface area contributed by atoms with Gasteiger partial charge in [0.2, 0.25) is 0 Å². The van der Waals surface area contributed by atoms with Gasteiger partial charge in [0.15, 0.2) is 10.1 Å². The SMILES string of the molecule is C[C@@H]1CCCN1S(=O)(=O)n1cc[n+](C)c1.O=S(=O)([O-])C(F)(F)F. The van der Waals surface area contributed by atoms with Crippen LogP contribution in [0.5, 0.6) is 0 Å². The molecule has 0 N–H and O–H groups in total. The van der Waals surface area contributed by atoms with Crippen molar-refractivity contribution in [2.75, 3.05) is 6.54 Å². The monoisotopic (exact) mass is 379 g/mol. The number of halogens is 3. The van der Waals surface area contributed by atoms with E-state index in [0.717, 1.165) is 12.8 Å². The third-order valence-corrected chi connectivity index (χ3v) is 5.53. The van der Waals surface area contributed by atoms with Crippen LogP contribution in [0.15, 0.2) is 18.7 Å². The Labute approximate surface area is 132 Å². The molecule has 0 aromatic carbocycles. The zero-order valence-electron chi connectivity index (χ0n) is 12.3. The van der Waals surface area contributed by atoms with Gasteiger partial charge in [-0.15, -0.1) is 3.97 Å². The fraction of sp³-hybridized carbons (Fsp3) is 0.700. The molecule has 2 heterocycles. The van der Waals surface area contributed by atoms with E-state index in [0.29, 0.717) is 6.54 Å². The molecule has 134 valence electrons. The quantitative estimate of drug-likeness (QED) is 0.407. The average Bonchev–Trinajstić information content (AvgIpc) is 2.96. The summed E-state index contributed by atoms with van der Waals surface area (Å²) in [6.07, 6.45) is 6.76. The van der Waals surface area contributed by atoms with E-state index in [2.05, 4.69) is 0 Å². The van der Waals surface area contributed by atoms with Crippen LogP contribution in [0.1, 0.15) is 19.8 Å². The molecular formula is C10H16F3N3O5S2. The third kappa shape index (κ3) is 4.89. The Bertz CT molecular complexity index is 742. The molecule has 0 bridgehead atoms. The lowest BCUT2D eigenvalue weighted by atomic mass is 10.3. The van der Waals surface area contributed by atoms with Crippen LogP contribution in [0, 0.1) is 0 Å². The predicted molar refractivity (Wildman–Crippen MR) is 71.1 cm³/mol. The van der Waals surface area contributed by atoms with Crippen LogP contribution in [-0.4, -0.2) is 47.8 Å². The zero-order chi connectivity index (χ0) is 18.1. The molecule has 1 aliphatic heterocycles. The summed E-state index contributed by atoms with van der Waals surface area (Å²) in [5.74, 6) is 0. The minimum Gasteiger partial charge on any atom is -0.741 e. The van der Waals surface area contributed by atoms with Gasteiger partial charge in [0.25, 0.3) is 6.33 Å². The lowest BCUT2D eigenvalue weighted by Crippen LogP contribution is -2.38. The molecule has 1 atom stereocenters. The minimum atomic E-state index is -6.09. The number of alkyl halides is 3. The van der Waals surface area contributed by atoms with Crippen molar-refractivity contribution in [1.82, 2.24) is 8.28 Å². The van der Waals surface area contributed by atoms with E-state index in [1.165, 1.54) is 3.97 Å². The zero-order valence-corrected chi connectivity index (χ0v) is 13.9. The van der Waals surface area contributed by atoms with E-state index in [9.17, 15) is 21.6 Å². The second-order valence-corrected chi connectivity index (χ2v) is 8.08. The molecule has 0 spiro atoms. The summed E-state index contributed by atoms with van der Waals surface area (Å²) in [5.41, 5.74) is -5.65. The van der Waals surface area contributed by atoms with Crippen LogP contribution >= 0.6 is 0 Å². The average molecular weight is 379 g/mol. The number of nitrogens with zero attached hydrogens (tertiary/aromatic N) is 3. The molecule has 1 aliphatic rings. The second kappa shape index (κ2) is 6.75. The summed E-state index contributed by atoms with van der Waals surface area (Å²) in [6, 6.07) is 0.114. The maximum absolute atomic E-state index is 12.1. The van der Waals surface area contributed by atoms with Gasteiger partial charge in [0.1, 0.15) is 12.4 Å². The summed E-state index contributed by atoms with van der Waals surface area (Å²) < 4.78 is 87.7. The van der Waals surface area contributed by atoms with E-state index in [4.69, 9.17) is 13.0 Å². The molecule has 0 amide bonds. The van der Waals surface area contributed by atoms with E-state index < -0.39 is 25.8 Å².